The minimum absolute atomic E-state index is 0.0404. The topological polar surface area (TPSA) is 295 Å². The molecule has 3 aromatic rings. The molecule has 6 atom stereocenters. The molecule has 0 amide bonds. The number of aliphatic hydroxyl groups excluding tert-OH is 2. The van der Waals surface area contributed by atoms with Crippen molar-refractivity contribution in [3.63, 3.8) is 0 Å². The number of H-pyrrole nitrogens is 1. The molecule has 19 nitrogen and oxygen atoms in total. The molecule has 6 unspecified atom stereocenters. The summed E-state index contributed by atoms with van der Waals surface area (Å²) >= 11 is 5.45. The van der Waals surface area contributed by atoms with Crippen LogP contribution in [-0.4, -0.2) is 82.1 Å². The lowest BCUT2D eigenvalue weighted by Gasteiger charge is -2.19. The van der Waals surface area contributed by atoms with Crippen molar-refractivity contribution in [2.75, 3.05) is 13.2 Å². The number of carboxylic acid groups (broad SMARTS) is 1. The fourth-order valence-electron chi connectivity index (χ4n) is 6.08. The number of fused-ring (bicyclic) bond motifs is 2. The van der Waals surface area contributed by atoms with Crippen molar-refractivity contribution in [2.45, 2.75) is 43.8 Å². The number of rotatable bonds is 15. The highest BCUT2D eigenvalue weighted by Crippen LogP contribution is 2.60. The number of aliphatic hydroxyl groups is 2. The SMILES string of the molecule is O=C(O)c1cc(CC(=S)CCCOP(=O)(O)OP(=O)(O)OCC2OC(n3ccc(=O)[nH]c3=O)C(O)C2O)ccc1-c1c2ccc(=O)cc-2oc2cc(O)ccc12. The monoisotopic (exact) mass is 834 g/mol. The summed E-state index contributed by atoms with van der Waals surface area (Å²) in [6, 6.07) is 14.2. The maximum Gasteiger partial charge on any atom is 0.481 e. The Labute approximate surface area is 319 Å². The molecule has 0 bridgehead atoms. The molecule has 7 N–H and O–H groups in total. The van der Waals surface area contributed by atoms with Gasteiger partial charge in [0.2, 0.25) is 0 Å². The number of carbonyl (C=O) groups is 1. The van der Waals surface area contributed by atoms with Crippen LogP contribution in [0.2, 0.25) is 0 Å². The average molecular weight is 835 g/mol. The first-order valence-corrected chi connectivity index (χ1v) is 19.9. The molecule has 3 aliphatic rings. The van der Waals surface area contributed by atoms with Gasteiger partial charge in [0.15, 0.2) is 11.7 Å². The Morgan fingerprint density at radius 2 is 1.66 bits per heavy atom. The molecule has 2 aliphatic heterocycles. The van der Waals surface area contributed by atoms with Gasteiger partial charge in [-0.15, -0.1) is 0 Å². The van der Waals surface area contributed by atoms with Crippen LogP contribution in [0.3, 0.4) is 0 Å². The molecule has 22 heteroatoms. The van der Waals surface area contributed by atoms with Crippen LogP contribution in [0.1, 0.15) is 35.0 Å². The number of aromatic carboxylic acids is 1. The van der Waals surface area contributed by atoms with E-state index in [9.17, 15) is 58.5 Å². The van der Waals surface area contributed by atoms with Crippen LogP contribution in [-0.2, 0) is 33.6 Å². The van der Waals surface area contributed by atoms with Gasteiger partial charge in [0.05, 0.1) is 18.8 Å². The number of phenols is 1. The first-order valence-electron chi connectivity index (χ1n) is 16.5. The van der Waals surface area contributed by atoms with E-state index in [1.54, 1.807) is 18.2 Å². The van der Waals surface area contributed by atoms with E-state index >= 15 is 0 Å². The van der Waals surface area contributed by atoms with Gasteiger partial charge in [-0.3, -0.25) is 28.2 Å². The number of benzene rings is 3. The van der Waals surface area contributed by atoms with Gasteiger partial charge in [0.25, 0.3) is 5.56 Å². The zero-order valence-corrected chi connectivity index (χ0v) is 31.2. The smallest absolute Gasteiger partial charge is 0.481 e. The van der Waals surface area contributed by atoms with E-state index in [4.69, 9.17) is 25.9 Å². The summed E-state index contributed by atoms with van der Waals surface area (Å²) in [6.45, 7) is -1.42. The Hall–Kier alpha value is -4.69. The molecule has 296 valence electrons. The number of ether oxygens (including phenoxy) is 1. The van der Waals surface area contributed by atoms with Crippen LogP contribution in [0.15, 0.2) is 85.7 Å². The van der Waals surface area contributed by atoms with Gasteiger partial charge < -0.3 is 39.4 Å². The number of hydrogen-bond acceptors (Lipinski definition) is 15. The number of aromatic nitrogens is 2. The van der Waals surface area contributed by atoms with Crippen molar-refractivity contribution in [3.05, 3.63) is 109 Å². The van der Waals surface area contributed by atoms with Gasteiger partial charge >= 0.3 is 27.3 Å². The van der Waals surface area contributed by atoms with E-state index in [0.29, 0.717) is 32.5 Å². The molecule has 0 spiro atoms. The Morgan fingerprint density at radius 3 is 2.39 bits per heavy atom. The lowest BCUT2D eigenvalue weighted by molar-refractivity contribution is -0.0543. The predicted molar refractivity (Wildman–Crippen MR) is 199 cm³/mol. The van der Waals surface area contributed by atoms with E-state index in [1.807, 2.05) is 4.98 Å². The molecule has 56 heavy (non-hydrogen) atoms. The van der Waals surface area contributed by atoms with Crippen molar-refractivity contribution < 1.29 is 66.6 Å². The fraction of sp³-hybridized carbons (Fsp3) is 0.265. The maximum atomic E-state index is 12.5. The lowest BCUT2D eigenvalue weighted by Crippen LogP contribution is -2.37. The second-order valence-electron chi connectivity index (χ2n) is 12.5. The number of phosphoric acid groups is 2. The van der Waals surface area contributed by atoms with E-state index in [1.165, 1.54) is 36.4 Å². The standard InChI is InChI=1S/C34H32N2O17P2S/c37-18-4-7-22-25(14-18)51-26-15-19(38)5-8-23(26)29(22)21-6-3-17(13-24(21)33(42)43)12-20(56)2-1-11-49-54(45,46)53-55(47,48)50-16-27-30(40)31(41)32(52-27)36-10-9-28(39)35-34(36)44/h3-10,13-15,27,30-32,37,40-41H,1-2,11-12,16H2,(H,42,43)(H,45,46)(H,47,48)(H,35,39,44). The number of hydrogen-bond donors (Lipinski definition) is 7. The van der Waals surface area contributed by atoms with E-state index in [0.717, 1.165) is 16.8 Å². The molecular formula is C34H32N2O17P2S. The van der Waals surface area contributed by atoms with E-state index in [-0.39, 0.29) is 47.3 Å². The number of nitrogens with zero attached hydrogens (tertiary/aromatic N) is 1. The number of carboxylic acids is 1. The summed E-state index contributed by atoms with van der Waals surface area (Å²) < 4.78 is 50.6. The number of thiocarbonyl (C=S) groups is 1. The van der Waals surface area contributed by atoms with Crippen molar-refractivity contribution in [2.24, 2.45) is 0 Å². The van der Waals surface area contributed by atoms with Crippen LogP contribution in [0.4, 0.5) is 0 Å². The molecule has 0 saturated carbocycles. The van der Waals surface area contributed by atoms with Crippen LogP contribution >= 0.6 is 27.9 Å². The van der Waals surface area contributed by atoms with Crippen LogP contribution in [0.5, 0.6) is 5.75 Å². The molecular weight excluding hydrogens is 802 g/mol. The minimum Gasteiger partial charge on any atom is -0.508 e. The highest BCUT2D eigenvalue weighted by atomic mass is 32.1. The second-order valence-corrected chi connectivity index (χ2v) is 16.2. The van der Waals surface area contributed by atoms with Gasteiger partial charge in [0.1, 0.15) is 35.4 Å². The molecule has 3 heterocycles. The third kappa shape index (κ3) is 9.29. The largest absolute Gasteiger partial charge is 0.508 e. The highest BCUT2D eigenvalue weighted by Gasteiger charge is 2.46. The van der Waals surface area contributed by atoms with Crippen LogP contribution in [0.25, 0.3) is 33.4 Å². The first-order chi connectivity index (χ1) is 26.4. The number of aromatic hydroxyl groups is 1. The van der Waals surface area contributed by atoms with Crippen LogP contribution in [0, 0.1) is 0 Å². The van der Waals surface area contributed by atoms with Gasteiger partial charge in [-0.2, -0.15) is 4.31 Å². The normalized spacial score (nSPS) is 20.5. The Morgan fingerprint density at radius 1 is 0.929 bits per heavy atom. The average Bonchev–Trinajstić information content (AvgIpc) is 3.39. The quantitative estimate of drug-likeness (QED) is 0.0345. The van der Waals surface area contributed by atoms with Gasteiger partial charge in [-0.1, -0.05) is 24.4 Å². The van der Waals surface area contributed by atoms with Gasteiger partial charge in [0, 0.05) is 47.3 Å². The first kappa shape index (κ1) is 41.0. The molecule has 0 radical (unpaired) electrons. The third-order valence-corrected chi connectivity index (χ3v) is 11.6. The van der Waals surface area contributed by atoms with Crippen molar-refractivity contribution in [1.29, 1.82) is 0 Å². The van der Waals surface area contributed by atoms with Crippen molar-refractivity contribution in [1.82, 2.24) is 9.55 Å². The predicted octanol–water partition coefficient (Wildman–Crippen LogP) is 3.08. The van der Waals surface area contributed by atoms with Crippen molar-refractivity contribution in [3.8, 4) is 28.2 Å². The van der Waals surface area contributed by atoms with Crippen molar-refractivity contribution >= 4 is 49.7 Å². The zero-order valence-electron chi connectivity index (χ0n) is 28.6. The molecule has 1 saturated heterocycles. The number of nitrogens with one attached hydrogen (secondary N) is 1. The summed E-state index contributed by atoms with van der Waals surface area (Å²) in [7, 11) is -10.5. The molecule has 2 aromatic carbocycles. The molecule has 1 aliphatic carbocycles. The molecule has 1 fully saturated rings. The molecule has 1 aromatic heterocycles. The van der Waals surface area contributed by atoms with Gasteiger partial charge in [-0.05, 0) is 59.2 Å². The Balaban J connectivity index is 1.04. The van der Waals surface area contributed by atoms with Gasteiger partial charge in [-0.25, -0.2) is 18.7 Å². The fourth-order valence-corrected chi connectivity index (χ4v) is 8.51. The Bertz CT molecular complexity index is 2570. The summed E-state index contributed by atoms with van der Waals surface area (Å²) in [4.78, 5) is 70.4. The third-order valence-electron chi connectivity index (χ3n) is 8.59. The Kier molecular flexibility index (Phi) is 12.0. The van der Waals surface area contributed by atoms with E-state index in [2.05, 4.69) is 8.83 Å². The summed E-state index contributed by atoms with van der Waals surface area (Å²) in [5, 5.41) is 41.3. The summed E-state index contributed by atoms with van der Waals surface area (Å²) in [6.07, 6.45) is -5.21. The summed E-state index contributed by atoms with van der Waals surface area (Å²) in [5.74, 6) is -1.15. The summed E-state index contributed by atoms with van der Waals surface area (Å²) in [5.41, 5.74) is -0.0941. The second kappa shape index (κ2) is 16.4. The lowest BCUT2D eigenvalue weighted by atomic mass is 9.89. The van der Waals surface area contributed by atoms with Crippen LogP contribution < -0.4 is 16.7 Å². The maximum absolute atomic E-state index is 12.5. The van der Waals surface area contributed by atoms with E-state index < -0.39 is 70.6 Å². The molecule has 6 rings (SSSR count). The highest BCUT2D eigenvalue weighted by molar-refractivity contribution is 7.80. The number of aromatic amines is 1. The number of phosphoric ester groups is 2. The zero-order chi connectivity index (χ0) is 40.5. The number of phenolic OH excluding ortho intramolecular Hbond substituents is 1. The minimum atomic E-state index is -5.34.